The molecule has 0 aliphatic rings. The van der Waals surface area contributed by atoms with Gasteiger partial charge in [0.25, 0.3) is 5.56 Å². The van der Waals surface area contributed by atoms with Gasteiger partial charge in [-0.15, -0.1) is 28.1 Å². The summed E-state index contributed by atoms with van der Waals surface area (Å²) in [5.74, 6) is 1.90. The maximum absolute atomic E-state index is 12.8. The smallest absolute Gasteiger partial charge is 0.263 e. The van der Waals surface area contributed by atoms with Crippen LogP contribution in [-0.2, 0) is 12.3 Å². The molecule has 0 aliphatic heterocycles. The number of nitrogens with zero attached hydrogens (tertiary/aromatic N) is 5. The van der Waals surface area contributed by atoms with Crippen molar-refractivity contribution in [3.05, 3.63) is 76.7 Å². The number of benzene rings is 1. The van der Waals surface area contributed by atoms with Gasteiger partial charge in [0.15, 0.2) is 15.9 Å². The van der Waals surface area contributed by atoms with E-state index in [-0.39, 0.29) is 5.56 Å². The van der Waals surface area contributed by atoms with Gasteiger partial charge in [0.2, 0.25) is 5.78 Å². The van der Waals surface area contributed by atoms with E-state index in [1.54, 1.807) is 28.2 Å². The molecule has 0 atom stereocenters. The molecule has 0 saturated carbocycles. The van der Waals surface area contributed by atoms with E-state index in [0.717, 1.165) is 22.0 Å². The zero-order valence-electron chi connectivity index (χ0n) is 15.2. The fourth-order valence-electron chi connectivity index (χ4n) is 3.15. The van der Waals surface area contributed by atoms with E-state index < -0.39 is 0 Å². The molecule has 0 unspecified atom stereocenters. The van der Waals surface area contributed by atoms with Crippen LogP contribution >= 0.6 is 23.1 Å². The summed E-state index contributed by atoms with van der Waals surface area (Å²) in [5.41, 5.74) is 1.63. The van der Waals surface area contributed by atoms with Gasteiger partial charge in [-0.05, 0) is 24.3 Å². The summed E-state index contributed by atoms with van der Waals surface area (Å²) in [5, 5.41) is 12.8. The largest absolute Gasteiger partial charge is 0.462 e. The molecule has 0 spiro atoms. The van der Waals surface area contributed by atoms with Crippen molar-refractivity contribution in [1.29, 1.82) is 0 Å². The molecule has 0 aliphatic carbocycles. The Kier molecular flexibility index (Phi) is 4.53. The molecule has 0 N–H and O–H groups in total. The maximum atomic E-state index is 12.8. The number of thioether (sulfide) groups is 1. The first-order valence-electron chi connectivity index (χ1n) is 8.85. The van der Waals surface area contributed by atoms with Crippen molar-refractivity contribution in [3.8, 4) is 10.8 Å². The number of rotatable bonds is 6. The normalized spacial score (nSPS) is 11.4. The molecule has 1 aromatic carbocycles. The molecule has 0 bridgehead atoms. The summed E-state index contributed by atoms with van der Waals surface area (Å²) in [7, 11) is 0. The molecular formula is C20H15N5O2S2. The van der Waals surface area contributed by atoms with Gasteiger partial charge in [-0.25, -0.2) is 4.98 Å². The van der Waals surface area contributed by atoms with Gasteiger partial charge >= 0.3 is 0 Å². The van der Waals surface area contributed by atoms with E-state index in [0.29, 0.717) is 28.6 Å². The molecule has 5 aromatic rings. The van der Waals surface area contributed by atoms with Crippen molar-refractivity contribution in [1.82, 2.24) is 24.1 Å². The Hall–Kier alpha value is -3.17. The van der Waals surface area contributed by atoms with Crippen LogP contribution in [0, 0.1) is 0 Å². The van der Waals surface area contributed by atoms with Crippen LogP contribution in [0.5, 0.6) is 0 Å². The van der Waals surface area contributed by atoms with Gasteiger partial charge in [0.05, 0.1) is 22.9 Å². The number of hydrogen-bond acceptors (Lipinski definition) is 7. The van der Waals surface area contributed by atoms with E-state index in [4.69, 9.17) is 4.42 Å². The van der Waals surface area contributed by atoms with E-state index >= 15 is 0 Å². The highest BCUT2D eigenvalue weighted by Gasteiger charge is 2.17. The van der Waals surface area contributed by atoms with Crippen molar-refractivity contribution in [2.24, 2.45) is 0 Å². The van der Waals surface area contributed by atoms with Crippen LogP contribution in [-0.4, -0.2) is 24.1 Å². The molecule has 0 saturated heterocycles. The Balaban J connectivity index is 1.54. The highest BCUT2D eigenvalue weighted by atomic mass is 32.2. The summed E-state index contributed by atoms with van der Waals surface area (Å²) in [6.45, 7) is 4.12. The molecule has 0 amide bonds. The molecule has 7 nitrogen and oxygen atoms in total. The van der Waals surface area contributed by atoms with E-state index in [1.807, 2.05) is 46.2 Å². The minimum atomic E-state index is -0.0976. The van der Waals surface area contributed by atoms with Crippen molar-refractivity contribution in [2.75, 3.05) is 0 Å². The second-order valence-electron chi connectivity index (χ2n) is 6.25. The summed E-state index contributed by atoms with van der Waals surface area (Å²) < 4.78 is 8.92. The van der Waals surface area contributed by atoms with Crippen LogP contribution in [0.2, 0.25) is 0 Å². The molecule has 4 aromatic heterocycles. The quantitative estimate of drug-likeness (QED) is 0.301. The standard InChI is InChI=1S/C20H15N5O2S2/c1-2-9-24-18(26)14-6-3-4-7-15(14)25-19(24)22-23-20(25)29-12-13-11-28-17(21-13)16-8-5-10-27-16/h2-8,10-11H,1,9,12H2. The second kappa shape index (κ2) is 7.34. The van der Waals surface area contributed by atoms with Gasteiger partial charge in [-0.1, -0.05) is 30.0 Å². The topological polar surface area (TPSA) is 78.2 Å². The monoisotopic (exact) mass is 421 g/mol. The lowest BCUT2D eigenvalue weighted by Crippen LogP contribution is -2.22. The molecular weight excluding hydrogens is 406 g/mol. The number of thiazole rings is 1. The first kappa shape index (κ1) is 17.9. The average Bonchev–Trinajstić information content (AvgIpc) is 3.50. The maximum Gasteiger partial charge on any atom is 0.263 e. The summed E-state index contributed by atoms with van der Waals surface area (Å²) in [4.78, 5) is 17.5. The van der Waals surface area contributed by atoms with Crippen molar-refractivity contribution in [3.63, 3.8) is 0 Å². The van der Waals surface area contributed by atoms with E-state index in [2.05, 4.69) is 21.8 Å². The summed E-state index contributed by atoms with van der Waals surface area (Å²) >= 11 is 3.07. The number of hydrogen-bond donors (Lipinski definition) is 0. The fraction of sp³-hybridized carbons (Fsp3) is 0.100. The van der Waals surface area contributed by atoms with Crippen LogP contribution in [0.25, 0.3) is 27.4 Å². The van der Waals surface area contributed by atoms with E-state index in [9.17, 15) is 4.79 Å². The molecule has 0 fully saturated rings. The number of fused-ring (bicyclic) bond motifs is 3. The predicted molar refractivity (Wildman–Crippen MR) is 114 cm³/mol. The minimum Gasteiger partial charge on any atom is -0.462 e. The Morgan fingerprint density at radius 2 is 2.10 bits per heavy atom. The second-order valence-corrected chi connectivity index (χ2v) is 8.05. The summed E-state index contributed by atoms with van der Waals surface area (Å²) in [6.07, 6.45) is 3.32. The highest BCUT2D eigenvalue weighted by Crippen LogP contribution is 2.28. The molecule has 5 rings (SSSR count). The first-order chi connectivity index (χ1) is 14.3. The third-order valence-electron chi connectivity index (χ3n) is 4.42. The lowest BCUT2D eigenvalue weighted by molar-refractivity contribution is 0.581. The average molecular weight is 422 g/mol. The predicted octanol–water partition coefficient (Wildman–Crippen LogP) is 4.24. The van der Waals surface area contributed by atoms with Gasteiger partial charge in [-0.2, -0.15) is 0 Å². The lowest BCUT2D eigenvalue weighted by Gasteiger charge is -2.09. The number of aromatic nitrogens is 5. The molecule has 144 valence electrons. The first-order valence-corrected chi connectivity index (χ1v) is 10.7. The Morgan fingerprint density at radius 3 is 2.93 bits per heavy atom. The molecule has 4 heterocycles. The third-order valence-corrected chi connectivity index (χ3v) is 6.29. The van der Waals surface area contributed by atoms with Crippen molar-refractivity contribution in [2.45, 2.75) is 17.5 Å². The van der Waals surface area contributed by atoms with Crippen molar-refractivity contribution < 1.29 is 4.42 Å². The SMILES string of the molecule is C=CCn1c(=O)c2ccccc2n2c(SCc3csc(-c4ccco4)n3)nnc12. The van der Waals surface area contributed by atoms with Gasteiger partial charge in [-0.3, -0.25) is 13.8 Å². The molecule has 9 heteroatoms. The Bertz CT molecular complexity index is 1380. The highest BCUT2D eigenvalue weighted by molar-refractivity contribution is 7.98. The lowest BCUT2D eigenvalue weighted by atomic mass is 10.2. The summed E-state index contributed by atoms with van der Waals surface area (Å²) in [6, 6.07) is 11.2. The number of allylic oxidation sites excluding steroid dienone is 1. The van der Waals surface area contributed by atoms with Gasteiger partial charge in [0, 0.05) is 17.7 Å². The Morgan fingerprint density at radius 1 is 1.21 bits per heavy atom. The zero-order chi connectivity index (χ0) is 19.8. The van der Waals surface area contributed by atoms with Crippen LogP contribution in [0.4, 0.5) is 0 Å². The van der Waals surface area contributed by atoms with Crippen LogP contribution in [0.1, 0.15) is 5.69 Å². The van der Waals surface area contributed by atoms with Crippen molar-refractivity contribution >= 4 is 39.8 Å². The van der Waals surface area contributed by atoms with Crippen LogP contribution < -0.4 is 5.56 Å². The van der Waals surface area contributed by atoms with E-state index in [1.165, 1.54) is 11.8 Å². The number of para-hydroxylation sites is 1. The zero-order valence-corrected chi connectivity index (χ0v) is 16.8. The van der Waals surface area contributed by atoms with Crippen LogP contribution in [0.3, 0.4) is 0 Å². The Labute approximate surface area is 173 Å². The molecule has 0 radical (unpaired) electrons. The minimum absolute atomic E-state index is 0.0976. The van der Waals surface area contributed by atoms with Crippen LogP contribution in [0.15, 0.2) is 75.1 Å². The fourth-order valence-corrected chi connectivity index (χ4v) is 4.87. The number of furan rings is 1. The molecule has 29 heavy (non-hydrogen) atoms. The van der Waals surface area contributed by atoms with Gasteiger partial charge in [0.1, 0.15) is 0 Å². The van der Waals surface area contributed by atoms with Gasteiger partial charge < -0.3 is 4.42 Å². The third kappa shape index (κ3) is 3.08.